The highest BCUT2D eigenvalue weighted by Crippen LogP contribution is 2.19. The van der Waals surface area contributed by atoms with Crippen molar-refractivity contribution in [2.24, 2.45) is 0 Å². The number of rotatable bonds is 2. The van der Waals surface area contributed by atoms with E-state index in [-0.39, 0.29) is 12.0 Å². The molecule has 1 aromatic carbocycles. The molecule has 126 valence electrons. The molecular weight excluding hydrogens is 292 g/mol. The molecule has 0 aromatic heterocycles. The molecule has 0 radical (unpaired) electrons. The highest BCUT2D eigenvalue weighted by Gasteiger charge is 2.25. The van der Waals surface area contributed by atoms with Gasteiger partial charge in [-0.25, -0.2) is 4.79 Å². The Balaban J connectivity index is 2.11. The summed E-state index contributed by atoms with van der Waals surface area (Å²) in [6.07, 6.45) is 0.485. The Morgan fingerprint density at radius 3 is 2.17 bits per heavy atom. The number of amides is 2. The van der Waals surface area contributed by atoms with Crippen LogP contribution in [0.3, 0.4) is 0 Å². The van der Waals surface area contributed by atoms with Crippen molar-refractivity contribution in [2.45, 2.75) is 34.1 Å². The first-order valence-corrected chi connectivity index (χ1v) is 8.22. The van der Waals surface area contributed by atoms with Crippen molar-refractivity contribution in [1.29, 1.82) is 0 Å². The summed E-state index contributed by atoms with van der Waals surface area (Å²) in [7, 11) is 0. The minimum absolute atomic E-state index is 0.0608. The number of hydrogen-bond donors (Lipinski definition) is 0. The molecule has 1 heterocycles. The van der Waals surface area contributed by atoms with E-state index in [0.29, 0.717) is 32.8 Å². The van der Waals surface area contributed by atoms with Crippen LogP contribution in [0.1, 0.15) is 40.4 Å². The van der Waals surface area contributed by atoms with Gasteiger partial charge in [0.15, 0.2) is 0 Å². The molecule has 0 aliphatic carbocycles. The Hall–Kier alpha value is -2.04. The van der Waals surface area contributed by atoms with Crippen molar-refractivity contribution < 1.29 is 14.3 Å². The lowest BCUT2D eigenvalue weighted by molar-refractivity contribution is 0.0752. The molecule has 1 fully saturated rings. The third-order valence-electron chi connectivity index (χ3n) is 4.20. The van der Waals surface area contributed by atoms with E-state index in [4.69, 9.17) is 4.74 Å². The van der Waals surface area contributed by atoms with Crippen molar-refractivity contribution >= 4 is 12.0 Å². The first-order chi connectivity index (χ1) is 10.9. The van der Waals surface area contributed by atoms with Crippen LogP contribution in [0.5, 0.6) is 0 Å². The topological polar surface area (TPSA) is 49.9 Å². The number of hydrogen-bond acceptors (Lipinski definition) is 3. The van der Waals surface area contributed by atoms with Crippen molar-refractivity contribution in [2.75, 3.05) is 32.8 Å². The monoisotopic (exact) mass is 318 g/mol. The van der Waals surface area contributed by atoms with E-state index >= 15 is 0 Å². The minimum Gasteiger partial charge on any atom is -0.450 e. The molecular formula is C18H26N2O3. The number of carbonyl (C=O) groups is 2. The normalized spacial score (nSPS) is 15.3. The second kappa shape index (κ2) is 7.49. The van der Waals surface area contributed by atoms with Gasteiger partial charge in [0.1, 0.15) is 0 Å². The van der Waals surface area contributed by atoms with Gasteiger partial charge in [0.25, 0.3) is 5.91 Å². The molecule has 0 N–H and O–H groups in total. The van der Waals surface area contributed by atoms with E-state index in [0.717, 1.165) is 23.1 Å². The van der Waals surface area contributed by atoms with Crippen LogP contribution < -0.4 is 0 Å². The Labute approximate surface area is 138 Å². The van der Waals surface area contributed by atoms with Crippen LogP contribution in [0.4, 0.5) is 4.79 Å². The Morgan fingerprint density at radius 1 is 1.00 bits per heavy atom. The zero-order chi connectivity index (χ0) is 17.0. The number of carbonyl (C=O) groups excluding carboxylic acids is 2. The van der Waals surface area contributed by atoms with Gasteiger partial charge in [0.2, 0.25) is 0 Å². The Bertz CT molecular complexity index is 575. The lowest BCUT2D eigenvalue weighted by Crippen LogP contribution is -2.38. The van der Waals surface area contributed by atoms with E-state index in [1.54, 1.807) is 11.8 Å². The summed E-state index contributed by atoms with van der Waals surface area (Å²) in [5, 5.41) is 0. The minimum atomic E-state index is -0.288. The molecule has 5 heteroatoms. The van der Waals surface area contributed by atoms with E-state index < -0.39 is 0 Å². The third-order valence-corrected chi connectivity index (χ3v) is 4.20. The fourth-order valence-electron chi connectivity index (χ4n) is 3.19. The van der Waals surface area contributed by atoms with Gasteiger partial charge in [-0.3, -0.25) is 4.79 Å². The van der Waals surface area contributed by atoms with E-state index in [1.807, 2.05) is 37.8 Å². The van der Waals surface area contributed by atoms with Crippen LogP contribution >= 0.6 is 0 Å². The van der Waals surface area contributed by atoms with Gasteiger partial charge in [-0.2, -0.15) is 0 Å². The van der Waals surface area contributed by atoms with Crippen molar-refractivity contribution in [3.8, 4) is 0 Å². The average molecular weight is 318 g/mol. The smallest absolute Gasteiger partial charge is 0.409 e. The molecule has 23 heavy (non-hydrogen) atoms. The molecule has 0 spiro atoms. The number of ether oxygens (including phenoxy) is 1. The molecule has 1 aromatic rings. The highest BCUT2D eigenvalue weighted by molar-refractivity contribution is 5.97. The molecule has 1 aliphatic rings. The summed E-state index contributed by atoms with van der Waals surface area (Å²) >= 11 is 0. The lowest BCUT2D eigenvalue weighted by Gasteiger charge is -2.23. The lowest BCUT2D eigenvalue weighted by atomic mass is 9.98. The molecule has 5 nitrogen and oxygen atoms in total. The van der Waals surface area contributed by atoms with E-state index in [2.05, 4.69) is 0 Å². The average Bonchev–Trinajstić information content (AvgIpc) is 2.72. The third kappa shape index (κ3) is 4.03. The molecule has 0 atom stereocenters. The van der Waals surface area contributed by atoms with Crippen LogP contribution in [0.25, 0.3) is 0 Å². The second-order valence-corrected chi connectivity index (χ2v) is 6.11. The van der Waals surface area contributed by atoms with E-state index in [1.165, 1.54) is 5.56 Å². The zero-order valence-electron chi connectivity index (χ0n) is 14.5. The number of nitrogens with zero attached hydrogens (tertiary/aromatic N) is 2. The summed E-state index contributed by atoms with van der Waals surface area (Å²) in [6.45, 7) is 10.5. The molecule has 0 unspecified atom stereocenters. The van der Waals surface area contributed by atoms with Gasteiger partial charge in [-0.05, 0) is 45.2 Å². The summed E-state index contributed by atoms with van der Waals surface area (Å²) in [4.78, 5) is 28.3. The first kappa shape index (κ1) is 17.3. The standard InChI is InChI=1S/C18H26N2O3/c1-5-23-18(22)20-8-6-7-19(9-10-20)17(21)16-14(3)11-13(2)12-15(16)4/h11-12H,5-10H2,1-4H3. The fourth-order valence-corrected chi connectivity index (χ4v) is 3.19. The largest absolute Gasteiger partial charge is 0.450 e. The van der Waals surface area contributed by atoms with Gasteiger partial charge in [-0.1, -0.05) is 17.7 Å². The molecule has 0 saturated carbocycles. The van der Waals surface area contributed by atoms with Crippen LogP contribution in [0.15, 0.2) is 12.1 Å². The van der Waals surface area contributed by atoms with Gasteiger partial charge in [0, 0.05) is 31.7 Å². The summed E-state index contributed by atoms with van der Waals surface area (Å²) < 4.78 is 5.05. The SMILES string of the molecule is CCOC(=O)N1CCCN(C(=O)c2c(C)cc(C)cc2C)CC1. The Kier molecular flexibility index (Phi) is 5.64. The highest BCUT2D eigenvalue weighted by atomic mass is 16.6. The number of benzene rings is 1. The molecule has 1 aliphatic heterocycles. The van der Waals surface area contributed by atoms with Crippen LogP contribution in [0, 0.1) is 20.8 Å². The van der Waals surface area contributed by atoms with Crippen LogP contribution in [-0.4, -0.2) is 54.6 Å². The molecule has 2 rings (SSSR count). The number of aryl methyl sites for hydroxylation is 3. The maximum absolute atomic E-state index is 12.9. The van der Waals surface area contributed by atoms with Gasteiger partial charge in [-0.15, -0.1) is 0 Å². The first-order valence-electron chi connectivity index (χ1n) is 8.22. The van der Waals surface area contributed by atoms with Gasteiger partial charge >= 0.3 is 6.09 Å². The summed E-state index contributed by atoms with van der Waals surface area (Å²) in [5.41, 5.74) is 3.99. The van der Waals surface area contributed by atoms with Crippen molar-refractivity contribution in [1.82, 2.24) is 9.80 Å². The van der Waals surface area contributed by atoms with Gasteiger partial charge < -0.3 is 14.5 Å². The molecule has 2 amide bonds. The van der Waals surface area contributed by atoms with Crippen LogP contribution in [-0.2, 0) is 4.74 Å². The van der Waals surface area contributed by atoms with Gasteiger partial charge in [0.05, 0.1) is 6.61 Å². The second-order valence-electron chi connectivity index (χ2n) is 6.11. The van der Waals surface area contributed by atoms with Crippen LogP contribution in [0.2, 0.25) is 0 Å². The predicted molar refractivity (Wildman–Crippen MR) is 89.8 cm³/mol. The maximum Gasteiger partial charge on any atom is 0.409 e. The summed E-state index contributed by atoms with van der Waals surface area (Å²) in [5.74, 6) is 0.0608. The maximum atomic E-state index is 12.9. The Morgan fingerprint density at radius 2 is 1.57 bits per heavy atom. The van der Waals surface area contributed by atoms with Crippen molar-refractivity contribution in [3.63, 3.8) is 0 Å². The zero-order valence-corrected chi connectivity index (χ0v) is 14.5. The predicted octanol–water partition coefficient (Wildman–Crippen LogP) is 2.92. The quantitative estimate of drug-likeness (QED) is 0.842. The van der Waals surface area contributed by atoms with Crippen molar-refractivity contribution in [3.05, 3.63) is 34.4 Å². The van der Waals surface area contributed by atoms with E-state index in [9.17, 15) is 9.59 Å². The molecule has 1 saturated heterocycles. The fraction of sp³-hybridized carbons (Fsp3) is 0.556. The summed E-state index contributed by atoms with van der Waals surface area (Å²) in [6, 6.07) is 4.09. The molecule has 0 bridgehead atoms.